The Morgan fingerprint density at radius 3 is 2.14 bits per heavy atom. The predicted octanol–water partition coefficient (Wildman–Crippen LogP) is 4.62. The molecule has 0 aliphatic carbocycles. The van der Waals surface area contributed by atoms with Crippen molar-refractivity contribution >= 4 is 21.6 Å². The second kappa shape index (κ2) is 10.9. The fourth-order valence-corrected chi connectivity index (χ4v) is 4.32. The minimum atomic E-state index is -4.61. The molecule has 192 valence electrons. The van der Waals surface area contributed by atoms with E-state index >= 15 is 0 Å². The number of alkyl halides is 3. The molecular weight excluding hydrogens is 497 g/mol. The zero-order valence-electron chi connectivity index (χ0n) is 19.8. The molecule has 11 heteroatoms. The number of carbonyl (C=O) groups is 1. The zero-order valence-corrected chi connectivity index (χ0v) is 20.6. The molecule has 0 atom stereocenters. The quantitative estimate of drug-likeness (QED) is 0.444. The first-order valence-electron chi connectivity index (χ1n) is 10.7. The number of carbonyl (C=O) groups excluding carboxylic acids is 1. The van der Waals surface area contributed by atoms with Gasteiger partial charge in [0, 0.05) is 12.1 Å². The number of rotatable bonds is 9. The molecule has 0 aromatic heterocycles. The SMILES string of the molecule is COc1ccc(CNC(=O)c2ccc(CN(c3cccc(C(F)(F)F)c3)S(C)(=O)=O)cc2)cc1OC. The molecule has 0 unspecified atom stereocenters. The van der Waals surface area contributed by atoms with E-state index in [1.807, 2.05) is 0 Å². The summed E-state index contributed by atoms with van der Waals surface area (Å²) in [7, 11) is -0.848. The van der Waals surface area contributed by atoms with Crippen LogP contribution in [0.15, 0.2) is 66.7 Å². The molecule has 0 aliphatic rings. The highest BCUT2D eigenvalue weighted by atomic mass is 32.2. The standard InChI is InChI=1S/C25H25F3N2O5S/c1-34-22-12-9-18(13-23(22)35-2)15-29-24(31)19-10-7-17(8-11-19)16-30(36(3,32)33)21-6-4-5-20(14-21)25(26,27)28/h4-14H,15-16H2,1-3H3,(H,29,31). The predicted molar refractivity (Wildman–Crippen MR) is 130 cm³/mol. The molecule has 0 aliphatic heterocycles. The van der Waals surface area contributed by atoms with Crippen LogP contribution in [0.25, 0.3) is 0 Å². The van der Waals surface area contributed by atoms with Crippen LogP contribution in [0.4, 0.5) is 18.9 Å². The smallest absolute Gasteiger partial charge is 0.416 e. The van der Waals surface area contributed by atoms with Crippen molar-refractivity contribution in [3.63, 3.8) is 0 Å². The third kappa shape index (κ3) is 6.69. The lowest BCUT2D eigenvalue weighted by Crippen LogP contribution is -2.29. The lowest BCUT2D eigenvalue weighted by atomic mass is 10.1. The Hall–Kier alpha value is -3.73. The molecule has 36 heavy (non-hydrogen) atoms. The number of methoxy groups -OCH3 is 2. The number of hydrogen-bond donors (Lipinski definition) is 1. The average Bonchev–Trinajstić information content (AvgIpc) is 2.84. The molecule has 0 heterocycles. The summed E-state index contributed by atoms with van der Waals surface area (Å²) in [5.74, 6) is 0.746. The van der Waals surface area contributed by atoms with Crippen LogP contribution in [-0.4, -0.2) is 34.8 Å². The fraction of sp³-hybridized carbons (Fsp3) is 0.240. The van der Waals surface area contributed by atoms with Crippen molar-refractivity contribution in [2.24, 2.45) is 0 Å². The summed E-state index contributed by atoms with van der Waals surface area (Å²) in [4.78, 5) is 12.6. The van der Waals surface area contributed by atoms with Crippen LogP contribution in [0.2, 0.25) is 0 Å². The maximum atomic E-state index is 13.1. The van der Waals surface area contributed by atoms with Gasteiger partial charge in [0.15, 0.2) is 11.5 Å². The highest BCUT2D eigenvalue weighted by Gasteiger charge is 2.31. The Labute approximate surface area is 207 Å². The number of halogens is 3. The first-order valence-corrected chi connectivity index (χ1v) is 12.5. The van der Waals surface area contributed by atoms with Gasteiger partial charge in [-0.1, -0.05) is 24.3 Å². The van der Waals surface area contributed by atoms with Gasteiger partial charge < -0.3 is 14.8 Å². The van der Waals surface area contributed by atoms with Gasteiger partial charge in [0.2, 0.25) is 10.0 Å². The lowest BCUT2D eigenvalue weighted by Gasteiger charge is -2.23. The summed E-state index contributed by atoms with van der Waals surface area (Å²) in [6, 6.07) is 15.5. The Morgan fingerprint density at radius 2 is 1.56 bits per heavy atom. The number of nitrogens with one attached hydrogen (secondary N) is 1. The summed E-state index contributed by atoms with van der Waals surface area (Å²) in [6.07, 6.45) is -3.69. The molecule has 3 aromatic carbocycles. The minimum absolute atomic E-state index is 0.107. The molecule has 1 amide bonds. The molecule has 0 bridgehead atoms. The van der Waals surface area contributed by atoms with Crippen LogP contribution in [0, 0.1) is 0 Å². The maximum absolute atomic E-state index is 13.1. The van der Waals surface area contributed by atoms with E-state index in [0.29, 0.717) is 22.6 Å². The Balaban J connectivity index is 1.72. The van der Waals surface area contributed by atoms with Crippen LogP contribution in [-0.2, 0) is 29.3 Å². The van der Waals surface area contributed by atoms with E-state index in [0.717, 1.165) is 34.3 Å². The number of ether oxygens (including phenoxy) is 2. The number of sulfonamides is 1. The number of benzene rings is 3. The summed E-state index contributed by atoms with van der Waals surface area (Å²) in [5, 5.41) is 2.79. The van der Waals surface area contributed by atoms with Gasteiger partial charge in [0.1, 0.15) is 0 Å². The number of nitrogens with zero attached hydrogens (tertiary/aromatic N) is 1. The van der Waals surface area contributed by atoms with Crippen LogP contribution in [0.3, 0.4) is 0 Å². The van der Waals surface area contributed by atoms with Gasteiger partial charge in [-0.2, -0.15) is 13.2 Å². The molecule has 3 aromatic rings. The summed E-state index contributed by atoms with van der Waals surface area (Å²) in [6.45, 7) is 0.0338. The van der Waals surface area contributed by atoms with E-state index in [1.165, 1.54) is 32.4 Å². The van der Waals surface area contributed by atoms with E-state index < -0.39 is 21.8 Å². The first kappa shape index (κ1) is 26.9. The van der Waals surface area contributed by atoms with E-state index in [1.54, 1.807) is 30.3 Å². The number of amides is 1. The molecular formula is C25H25F3N2O5S. The van der Waals surface area contributed by atoms with Gasteiger partial charge in [-0.05, 0) is 53.6 Å². The van der Waals surface area contributed by atoms with Gasteiger partial charge >= 0.3 is 6.18 Å². The van der Waals surface area contributed by atoms with E-state index in [9.17, 15) is 26.4 Å². The van der Waals surface area contributed by atoms with Gasteiger partial charge in [0.25, 0.3) is 5.91 Å². The molecule has 0 saturated carbocycles. The van der Waals surface area contributed by atoms with E-state index in [4.69, 9.17) is 9.47 Å². The van der Waals surface area contributed by atoms with Crippen molar-refractivity contribution in [3.05, 3.63) is 89.0 Å². The highest BCUT2D eigenvalue weighted by Crippen LogP contribution is 2.33. The lowest BCUT2D eigenvalue weighted by molar-refractivity contribution is -0.137. The van der Waals surface area contributed by atoms with Crippen LogP contribution < -0.4 is 19.1 Å². The molecule has 7 nitrogen and oxygen atoms in total. The molecule has 1 N–H and O–H groups in total. The minimum Gasteiger partial charge on any atom is -0.493 e. The molecule has 0 fully saturated rings. The normalized spacial score (nSPS) is 11.6. The topological polar surface area (TPSA) is 84.9 Å². The molecule has 0 radical (unpaired) electrons. The van der Waals surface area contributed by atoms with Crippen molar-refractivity contribution in [3.8, 4) is 11.5 Å². The summed E-state index contributed by atoms with van der Waals surface area (Å²) < 4.78 is 75.3. The first-order chi connectivity index (χ1) is 16.9. The van der Waals surface area contributed by atoms with Crippen LogP contribution in [0.1, 0.15) is 27.0 Å². The van der Waals surface area contributed by atoms with Crippen molar-refractivity contribution in [1.29, 1.82) is 0 Å². The average molecular weight is 523 g/mol. The Bertz CT molecular complexity index is 1330. The van der Waals surface area contributed by atoms with Gasteiger partial charge in [-0.25, -0.2) is 8.42 Å². The van der Waals surface area contributed by atoms with Gasteiger partial charge in [-0.3, -0.25) is 9.10 Å². The largest absolute Gasteiger partial charge is 0.493 e. The third-order valence-corrected chi connectivity index (χ3v) is 6.45. The summed E-state index contributed by atoms with van der Waals surface area (Å²) in [5.41, 5.74) is 0.570. The van der Waals surface area contributed by atoms with E-state index in [2.05, 4.69) is 5.32 Å². The van der Waals surface area contributed by atoms with E-state index in [-0.39, 0.29) is 24.7 Å². The summed E-state index contributed by atoms with van der Waals surface area (Å²) >= 11 is 0. The van der Waals surface area contributed by atoms with Crippen molar-refractivity contribution in [2.75, 3.05) is 24.8 Å². The van der Waals surface area contributed by atoms with Crippen molar-refractivity contribution in [2.45, 2.75) is 19.3 Å². The molecule has 0 spiro atoms. The zero-order chi connectivity index (χ0) is 26.5. The maximum Gasteiger partial charge on any atom is 0.416 e. The molecule has 3 rings (SSSR count). The fourth-order valence-electron chi connectivity index (χ4n) is 3.44. The van der Waals surface area contributed by atoms with Crippen LogP contribution in [0.5, 0.6) is 11.5 Å². The Kier molecular flexibility index (Phi) is 8.13. The number of hydrogen-bond acceptors (Lipinski definition) is 5. The Morgan fingerprint density at radius 1 is 0.917 bits per heavy atom. The molecule has 0 saturated heterocycles. The third-order valence-electron chi connectivity index (χ3n) is 5.31. The van der Waals surface area contributed by atoms with Gasteiger partial charge in [0.05, 0.1) is 38.3 Å². The number of anilines is 1. The second-order valence-electron chi connectivity index (χ2n) is 7.89. The van der Waals surface area contributed by atoms with Crippen molar-refractivity contribution < 1.29 is 35.9 Å². The highest BCUT2D eigenvalue weighted by molar-refractivity contribution is 7.92. The monoisotopic (exact) mass is 522 g/mol. The van der Waals surface area contributed by atoms with Crippen molar-refractivity contribution in [1.82, 2.24) is 5.32 Å². The van der Waals surface area contributed by atoms with Gasteiger partial charge in [-0.15, -0.1) is 0 Å². The van der Waals surface area contributed by atoms with Crippen LogP contribution >= 0.6 is 0 Å². The second-order valence-corrected chi connectivity index (χ2v) is 9.79.